The molecule has 3 aromatic rings. The third kappa shape index (κ3) is 4.74. The number of carbonyl (C=O) groups is 1. The van der Waals surface area contributed by atoms with Gasteiger partial charge in [0.25, 0.3) is 5.91 Å². The Hall–Kier alpha value is -2.91. The Morgan fingerprint density at radius 3 is 2.03 bits per heavy atom. The Bertz CT molecular complexity index is 1170. The fraction of sp³-hybridized carbons (Fsp3) is 0.273. The lowest BCUT2D eigenvalue weighted by Crippen LogP contribution is -2.22. The number of benzene rings is 2. The molecule has 9 nitrogen and oxygen atoms in total. The number of amides is 1. The Kier molecular flexibility index (Phi) is 7.76. The molecule has 176 valence electrons. The molecular weight excluding hydrogens is 465 g/mol. The van der Waals surface area contributed by atoms with Gasteiger partial charge in [-0.3, -0.25) is 4.79 Å². The standard InChI is InChI=1S/C22H26N3O6PS/c1-14-20(32(33,30-5)31-6)21(25(24-14)16-10-8-7-9-11-16)23-22(26)15-12-17(27-2)19(29-4)18(13-15)28-3/h7-13H,1-6H3,(H,23,26). The number of rotatable bonds is 9. The highest BCUT2D eigenvalue weighted by Crippen LogP contribution is 2.49. The number of nitrogens with zero attached hydrogens (tertiary/aromatic N) is 2. The van der Waals surface area contributed by atoms with Gasteiger partial charge >= 0.3 is 0 Å². The van der Waals surface area contributed by atoms with E-state index in [4.69, 9.17) is 35.1 Å². The predicted octanol–water partition coefficient (Wildman–Crippen LogP) is 3.69. The van der Waals surface area contributed by atoms with Crippen LogP contribution in [0.5, 0.6) is 17.2 Å². The van der Waals surface area contributed by atoms with Crippen LogP contribution in [0.4, 0.5) is 5.82 Å². The van der Waals surface area contributed by atoms with Crippen molar-refractivity contribution in [2.45, 2.75) is 6.92 Å². The summed E-state index contributed by atoms with van der Waals surface area (Å²) in [6, 6.07) is 12.5. The molecule has 0 radical (unpaired) electrons. The van der Waals surface area contributed by atoms with Gasteiger partial charge in [-0.15, -0.1) is 0 Å². The Labute approximate surface area is 197 Å². The summed E-state index contributed by atoms with van der Waals surface area (Å²) >= 11 is 5.70. The first-order chi connectivity index (χ1) is 15.8. The van der Waals surface area contributed by atoms with Gasteiger partial charge in [0.05, 0.1) is 32.7 Å². The minimum Gasteiger partial charge on any atom is -0.493 e. The van der Waals surface area contributed by atoms with E-state index in [-0.39, 0.29) is 5.56 Å². The van der Waals surface area contributed by atoms with Gasteiger partial charge in [0.15, 0.2) is 11.5 Å². The first-order valence-electron chi connectivity index (χ1n) is 9.82. The summed E-state index contributed by atoms with van der Waals surface area (Å²) < 4.78 is 28.9. The van der Waals surface area contributed by atoms with Gasteiger partial charge in [0.1, 0.15) is 11.1 Å². The molecule has 2 aromatic carbocycles. The number of para-hydroxylation sites is 1. The van der Waals surface area contributed by atoms with Crippen LogP contribution in [0, 0.1) is 6.92 Å². The zero-order chi connectivity index (χ0) is 24.2. The molecular formula is C22H26N3O6PS. The maximum atomic E-state index is 13.4. The number of hydrogen-bond donors (Lipinski definition) is 1. The molecule has 1 heterocycles. The summed E-state index contributed by atoms with van der Waals surface area (Å²) in [7, 11) is 7.43. The highest BCUT2D eigenvalue weighted by atomic mass is 32.5. The third-order valence-corrected chi connectivity index (χ3v) is 8.43. The molecule has 11 heteroatoms. The number of methoxy groups -OCH3 is 3. The van der Waals surface area contributed by atoms with Gasteiger partial charge in [-0.25, -0.2) is 4.68 Å². The van der Waals surface area contributed by atoms with Crippen molar-refractivity contribution < 1.29 is 28.1 Å². The maximum Gasteiger partial charge on any atom is 0.257 e. The Morgan fingerprint density at radius 2 is 1.55 bits per heavy atom. The summed E-state index contributed by atoms with van der Waals surface area (Å²) in [4.78, 5) is 13.4. The van der Waals surface area contributed by atoms with E-state index in [2.05, 4.69) is 10.4 Å². The van der Waals surface area contributed by atoms with Crippen molar-refractivity contribution in [1.82, 2.24) is 9.78 Å². The van der Waals surface area contributed by atoms with E-state index in [1.54, 1.807) is 23.7 Å². The van der Waals surface area contributed by atoms with E-state index in [1.165, 1.54) is 35.5 Å². The molecule has 0 spiro atoms. The molecule has 0 aliphatic carbocycles. The SMILES string of the molecule is COc1cc(C(=O)Nc2c(P(=S)(OC)OC)c(C)nn2-c2ccccc2)cc(OC)c1OC. The van der Waals surface area contributed by atoms with Crippen LogP contribution in [0.25, 0.3) is 5.69 Å². The summed E-state index contributed by atoms with van der Waals surface area (Å²) in [5.41, 5.74) is 1.61. The normalized spacial score (nSPS) is 11.2. The monoisotopic (exact) mass is 491 g/mol. The molecule has 1 N–H and O–H groups in total. The molecule has 0 aliphatic rings. The van der Waals surface area contributed by atoms with Gasteiger partial charge in [0, 0.05) is 19.8 Å². The van der Waals surface area contributed by atoms with Crippen molar-refractivity contribution in [3.63, 3.8) is 0 Å². The van der Waals surface area contributed by atoms with Gasteiger partial charge in [0.2, 0.25) is 12.2 Å². The summed E-state index contributed by atoms with van der Waals surface area (Å²) in [6.07, 6.45) is 0. The maximum absolute atomic E-state index is 13.4. The number of aryl methyl sites for hydroxylation is 1. The predicted molar refractivity (Wildman–Crippen MR) is 130 cm³/mol. The lowest BCUT2D eigenvalue weighted by atomic mass is 10.1. The summed E-state index contributed by atoms with van der Waals surface area (Å²) in [6.45, 7) is -1.14. The minimum atomic E-state index is -2.93. The number of hydrogen-bond acceptors (Lipinski definition) is 8. The molecule has 0 bridgehead atoms. The van der Waals surface area contributed by atoms with Crippen LogP contribution >= 0.6 is 6.49 Å². The molecule has 0 fully saturated rings. The summed E-state index contributed by atoms with van der Waals surface area (Å²) in [5, 5.41) is 8.08. The van der Waals surface area contributed by atoms with Crippen LogP contribution in [-0.4, -0.2) is 51.2 Å². The topological polar surface area (TPSA) is 93.1 Å². The van der Waals surface area contributed by atoms with Gasteiger partial charge in [-0.1, -0.05) is 18.2 Å². The lowest BCUT2D eigenvalue weighted by molar-refractivity contribution is 0.102. The molecule has 0 saturated carbocycles. The van der Waals surface area contributed by atoms with Gasteiger partial charge < -0.3 is 28.6 Å². The quantitative estimate of drug-likeness (QED) is 0.453. The molecule has 33 heavy (non-hydrogen) atoms. The molecule has 0 aliphatic heterocycles. The molecule has 0 atom stereocenters. The van der Waals surface area contributed by atoms with Crippen molar-refractivity contribution in [2.75, 3.05) is 40.9 Å². The van der Waals surface area contributed by atoms with Crippen LogP contribution in [0.2, 0.25) is 0 Å². The van der Waals surface area contributed by atoms with E-state index < -0.39 is 12.4 Å². The second-order valence-corrected chi connectivity index (χ2v) is 10.4. The second kappa shape index (κ2) is 10.4. The summed E-state index contributed by atoms with van der Waals surface area (Å²) in [5.74, 6) is 1.03. The number of aromatic nitrogens is 2. The number of carbonyl (C=O) groups excluding carboxylic acids is 1. The van der Waals surface area contributed by atoms with Crippen molar-refractivity contribution in [1.29, 1.82) is 0 Å². The second-order valence-electron chi connectivity index (χ2n) is 6.76. The highest BCUT2D eigenvalue weighted by molar-refractivity contribution is 8.13. The van der Waals surface area contributed by atoms with Crippen molar-refractivity contribution in [3.8, 4) is 22.9 Å². The third-order valence-electron chi connectivity index (χ3n) is 4.94. The average Bonchev–Trinajstić information content (AvgIpc) is 3.18. The molecule has 3 rings (SSSR count). The van der Waals surface area contributed by atoms with E-state index in [9.17, 15) is 4.79 Å². The minimum absolute atomic E-state index is 0.289. The van der Waals surface area contributed by atoms with Gasteiger partial charge in [-0.2, -0.15) is 5.10 Å². The zero-order valence-electron chi connectivity index (χ0n) is 19.2. The molecule has 1 amide bonds. The zero-order valence-corrected chi connectivity index (χ0v) is 21.0. The van der Waals surface area contributed by atoms with Crippen LogP contribution in [-0.2, 0) is 20.9 Å². The number of nitrogens with one attached hydrogen (secondary N) is 1. The van der Waals surface area contributed by atoms with E-state index in [1.807, 2.05) is 30.3 Å². The smallest absolute Gasteiger partial charge is 0.257 e. The molecule has 0 unspecified atom stereocenters. The largest absolute Gasteiger partial charge is 0.493 e. The first-order valence-corrected chi connectivity index (χ1v) is 12.5. The van der Waals surface area contributed by atoms with Crippen molar-refractivity contribution in [2.24, 2.45) is 0 Å². The van der Waals surface area contributed by atoms with E-state index in [0.29, 0.717) is 34.1 Å². The van der Waals surface area contributed by atoms with Crippen LogP contribution in [0.1, 0.15) is 16.1 Å². The van der Waals surface area contributed by atoms with E-state index >= 15 is 0 Å². The van der Waals surface area contributed by atoms with E-state index in [0.717, 1.165) is 5.69 Å². The molecule has 0 saturated heterocycles. The van der Waals surface area contributed by atoms with Gasteiger partial charge in [-0.05, 0) is 43.0 Å². The lowest BCUT2D eigenvalue weighted by Gasteiger charge is -2.20. The fourth-order valence-electron chi connectivity index (χ4n) is 3.36. The van der Waals surface area contributed by atoms with Crippen LogP contribution < -0.4 is 24.8 Å². The fourth-order valence-corrected chi connectivity index (χ4v) is 5.39. The van der Waals surface area contributed by atoms with Crippen molar-refractivity contribution in [3.05, 3.63) is 53.7 Å². The number of anilines is 1. The van der Waals surface area contributed by atoms with Crippen LogP contribution in [0.3, 0.4) is 0 Å². The van der Waals surface area contributed by atoms with Crippen LogP contribution in [0.15, 0.2) is 42.5 Å². The first kappa shape index (κ1) is 24.7. The average molecular weight is 492 g/mol. The highest BCUT2D eigenvalue weighted by Gasteiger charge is 2.32. The Balaban J connectivity index is 2.17. The Morgan fingerprint density at radius 1 is 0.970 bits per heavy atom. The molecule has 1 aromatic heterocycles. The number of ether oxygens (including phenoxy) is 3. The van der Waals surface area contributed by atoms with Crippen molar-refractivity contribution >= 4 is 35.3 Å².